The predicted octanol–water partition coefficient (Wildman–Crippen LogP) is 2.55. The Hall–Kier alpha value is -4.15. The summed E-state index contributed by atoms with van der Waals surface area (Å²) >= 11 is 0. The van der Waals surface area contributed by atoms with Crippen molar-refractivity contribution in [2.75, 3.05) is 46.9 Å². The zero-order valence-electron chi connectivity index (χ0n) is 23.9. The van der Waals surface area contributed by atoms with Crippen LogP contribution in [0.1, 0.15) is 48.5 Å². The zero-order valence-corrected chi connectivity index (χ0v) is 23.9. The summed E-state index contributed by atoms with van der Waals surface area (Å²) in [6, 6.07) is 10.0. The summed E-state index contributed by atoms with van der Waals surface area (Å²) in [6.07, 6.45) is 2.66. The van der Waals surface area contributed by atoms with Crippen LogP contribution in [0.5, 0.6) is 11.5 Å². The van der Waals surface area contributed by atoms with Crippen LogP contribution in [0.15, 0.2) is 42.5 Å². The fourth-order valence-corrected chi connectivity index (χ4v) is 4.50. The number of carbonyl (C=O) groups is 4. The standard InChI is InChI=1S/C30H39FN4O6/c1-21-30(39)34(2)16-4-5-17-35(28(37)14-9-22-7-11-24(31)12-8-22)18-6-15-32-29(38)23-10-13-25(26(19-23)40-3)41-20-27(36)33-21/h7-8,10-13,19,21H,4-6,9,14-18,20H2,1-3H3,(H,32,38)(H,33,36)/t21-/m0/s1. The van der Waals surface area contributed by atoms with Gasteiger partial charge in [0.25, 0.3) is 11.8 Å². The van der Waals surface area contributed by atoms with Crippen molar-refractivity contribution >= 4 is 23.6 Å². The van der Waals surface area contributed by atoms with E-state index in [0.717, 1.165) is 5.56 Å². The van der Waals surface area contributed by atoms with Crippen molar-refractivity contribution in [2.45, 2.75) is 45.1 Å². The molecule has 10 nitrogen and oxygen atoms in total. The van der Waals surface area contributed by atoms with Gasteiger partial charge < -0.3 is 29.9 Å². The van der Waals surface area contributed by atoms with Crippen molar-refractivity contribution in [1.29, 1.82) is 0 Å². The van der Waals surface area contributed by atoms with Crippen LogP contribution in [0.4, 0.5) is 4.39 Å². The topological polar surface area (TPSA) is 117 Å². The van der Waals surface area contributed by atoms with Crippen molar-refractivity contribution in [3.05, 3.63) is 59.4 Å². The molecule has 0 fully saturated rings. The van der Waals surface area contributed by atoms with Crippen LogP contribution in [-0.2, 0) is 20.8 Å². The number of ether oxygens (including phenoxy) is 2. The van der Waals surface area contributed by atoms with Gasteiger partial charge in [-0.05, 0) is 68.5 Å². The largest absolute Gasteiger partial charge is 0.493 e. The number of amides is 4. The van der Waals surface area contributed by atoms with Gasteiger partial charge in [0.15, 0.2) is 18.1 Å². The molecule has 4 rings (SSSR count). The van der Waals surface area contributed by atoms with Crippen LogP contribution in [0.2, 0.25) is 0 Å². The Bertz CT molecular complexity index is 1210. The number of carbonyl (C=O) groups excluding carboxylic acids is 4. The third-order valence-corrected chi connectivity index (χ3v) is 6.86. The summed E-state index contributed by atoms with van der Waals surface area (Å²) in [5.74, 6) is -0.775. The average Bonchev–Trinajstić information content (AvgIpc) is 2.97. The number of benzene rings is 2. The highest BCUT2D eigenvalue weighted by molar-refractivity contribution is 5.95. The lowest BCUT2D eigenvalue weighted by atomic mass is 10.1. The molecule has 2 aromatic carbocycles. The van der Waals surface area contributed by atoms with Gasteiger partial charge in [-0.3, -0.25) is 19.2 Å². The first-order valence-corrected chi connectivity index (χ1v) is 13.8. The number of fused-ring (bicyclic) bond motifs is 18. The summed E-state index contributed by atoms with van der Waals surface area (Å²) in [7, 11) is 3.11. The van der Waals surface area contributed by atoms with E-state index in [1.807, 2.05) is 0 Å². The second-order valence-corrected chi connectivity index (χ2v) is 10.0. The number of nitrogens with one attached hydrogen (secondary N) is 2. The number of hydrogen-bond donors (Lipinski definition) is 2. The second kappa shape index (κ2) is 15.6. The average molecular weight is 571 g/mol. The summed E-state index contributed by atoms with van der Waals surface area (Å²) in [5, 5.41) is 5.51. The molecule has 2 aliphatic heterocycles. The maximum absolute atomic E-state index is 13.2. The summed E-state index contributed by atoms with van der Waals surface area (Å²) in [6.45, 7) is 3.07. The molecule has 4 amide bonds. The molecule has 0 aliphatic carbocycles. The Kier molecular flexibility index (Phi) is 11.9. The van der Waals surface area contributed by atoms with E-state index >= 15 is 0 Å². The Morgan fingerprint density at radius 2 is 1.76 bits per heavy atom. The predicted molar refractivity (Wildman–Crippen MR) is 151 cm³/mol. The van der Waals surface area contributed by atoms with Gasteiger partial charge in [-0.15, -0.1) is 0 Å². The first kappa shape index (κ1) is 31.4. The smallest absolute Gasteiger partial charge is 0.258 e. The summed E-state index contributed by atoms with van der Waals surface area (Å²) in [5.41, 5.74) is 1.24. The Morgan fingerprint density at radius 3 is 2.49 bits per heavy atom. The maximum Gasteiger partial charge on any atom is 0.258 e. The summed E-state index contributed by atoms with van der Waals surface area (Å²) < 4.78 is 24.1. The summed E-state index contributed by atoms with van der Waals surface area (Å²) in [4.78, 5) is 54.4. The minimum Gasteiger partial charge on any atom is -0.493 e. The minimum atomic E-state index is -0.747. The minimum absolute atomic E-state index is 0.0277. The molecule has 0 unspecified atom stereocenters. The van der Waals surface area contributed by atoms with E-state index in [-0.39, 0.29) is 48.1 Å². The lowest BCUT2D eigenvalue weighted by Crippen LogP contribution is -2.47. The molecule has 2 aromatic rings. The Morgan fingerprint density at radius 1 is 1.05 bits per heavy atom. The molecule has 1 atom stereocenters. The lowest BCUT2D eigenvalue weighted by Gasteiger charge is -2.25. The van der Waals surface area contributed by atoms with E-state index in [0.29, 0.717) is 57.4 Å². The van der Waals surface area contributed by atoms with E-state index in [2.05, 4.69) is 10.6 Å². The van der Waals surface area contributed by atoms with Gasteiger partial charge >= 0.3 is 0 Å². The number of methoxy groups -OCH3 is 1. The maximum atomic E-state index is 13.2. The number of likely N-dealkylation sites (N-methyl/N-ethyl adjacent to an activating group) is 1. The molecule has 0 radical (unpaired) electrons. The van der Waals surface area contributed by atoms with Gasteiger partial charge in [-0.2, -0.15) is 0 Å². The molecule has 2 N–H and O–H groups in total. The van der Waals surface area contributed by atoms with Crippen molar-refractivity contribution in [2.24, 2.45) is 0 Å². The molecular weight excluding hydrogens is 531 g/mol. The third-order valence-electron chi connectivity index (χ3n) is 6.86. The fraction of sp³-hybridized carbons (Fsp3) is 0.467. The fourth-order valence-electron chi connectivity index (χ4n) is 4.50. The van der Waals surface area contributed by atoms with Crippen LogP contribution in [0, 0.1) is 5.82 Å². The SMILES string of the molecule is COc1cc2ccc1OCC(=O)N[C@@H](C)C(=O)N(C)CCCCN(C(=O)CCc1ccc(F)cc1)CCCNC2=O. The zero-order chi connectivity index (χ0) is 29.8. The molecule has 2 heterocycles. The molecule has 0 spiro atoms. The number of halogens is 1. The van der Waals surface area contributed by atoms with Gasteiger partial charge in [-0.1, -0.05) is 12.1 Å². The first-order chi connectivity index (χ1) is 19.7. The quantitative estimate of drug-likeness (QED) is 0.546. The number of nitrogens with zero attached hydrogens (tertiary/aromatic N) is 2. The van der Waals surface area contributed by atoms with Crippen LogP contribution in [0.25, 0.3) is 0 Å². The molecule has 11 heteroatoms. The van der Waals surface area contributed by atoms with E-state index in [1.165, 1.54) is 25.3 Å². The Balaban J connectivity index is 1.70. The highest BCUT2D eigenvalue weighted by Gasteiger charge is 2.21. The number of rotatable bonds is 4. The highest BCUT2D eigenvalue weighted by atomic mass is 19.1. The van der Waals surface area contributed by atoms with Gasteiger partial charge in [0, 0.05) is 45.2 Å². The highest BCUT2D eigenvalue weighted by Crippen LogP contribution is 2.28. The molecule has 0 aromatic heterocycles. The van der Waals surface area contributed by atoms with Crippen molar-refractivity contribution in [3.63, 3.8) is 0 Å². The van der Waals surface area contributed by atoms with E-state index in [9.17, 15) is 23.6 Å². The molecule has 222 valence electrons. The van der Waals surface area contributed by atoms with E-state index < -0.39 is 11.9 Å². The van der Waals surface area contributed by atoms with Crippen molar-refractivity contribution in [1.82, 2.24) is 20.4 Å². The van der Waals surface area contributed by atoms with Crippen LogP contribution in [0.3, 0.4) is 0 Å². The van der Waals surface area contributed by atoms with Crippen molar-refractivity contribution < 1.29 is 33.0 Å². The van der Waals surface area contributed by atoms with Crippen LogP contribution < -0.4 is 20.1 Å². The molecule has 2 aliphatic rings. The van der Waals surface area contributed by atoms with Gasteiger partial charge in [0.1, 0.15) is 11.9 Å². The Labute approximate surface area is 240 Å². The molecule has 0 saturated heterocycles. The number of hydrogen-bond acceptors (Lipinski definition) is 6. The van der Waals surface area contributed by atoms with E-state index in [4.69, 9.17) is 9.47 Å². The molecular formula is C30H39FN4O6. The lowest BCUT2D eigenvalue weighted by molar-refractivity contribution is -0.135. The third kappa shape index (κ3) is 9.77. The van der Waals surface area contributed by atoms with Crippen LogP contribution in [-0.4, -0.2) is 86.4 Å². The molecule has 2 bridgehead atoms. The van der Waals surface area contributed by atoms with Crippen molar-refractivity contribution in [3.8, 4) is 11.5 Å². The van der Waals surface area contributed by atoms with Crippen LogP contribution >= 0.6 is 0 Å². The molecule has 0 saturated carbocycles. The van der Waals surface area contributed by atoms with Gasteiger partial charge in [0.05, 0.1) is 7.11 Å². The number of aryl methyl sites for hydroxylation is 1. The first-order valence-electron chi connectivity index (χ1n) is 13.8. The second-order valence-electron chi connectivity index (χ2n) is 10.0. The monoisotopic (exact) mass is 570 g/mol. The van der Waals surface area contributed by atoms with Gasteiger partial charge in [-0.25, -0.2) is 4.39 Å². The van der Waals surface area contributed by atoms with Gasteiger partial charge in [0.2, 0.25) is 11.8 Å². The molecule has 41 heavy (non-hydrogen) atoms. The normalized spacial score (nSPS) is 18.1. The van der Waals surface area contributed by atoms with E-state index in [1.54, 1.807) is 48.0 Å².